The van der Waals surface area contributed by atoms with Crippen molar-refractivity contribution in [2.45, 2.75) is 38.1 Å². The molecular formula is C23H26ClNO4. The minimum atomic E-state index is -1.07. The number of benzene rings is 2. The molecule has 1 amide bonds. The molecule has 0 aliphatic heterocycles. The number of ether oxygens (including phenoxy) is 2. The quantitative estimate of drug-likeness (QED) is 0.676. The Morgan fingerprint density at radius 1 is 1.17 bits per heavy atom. The Bertz CT molecular complexity index is 914. The van der Waals surface area contributed by atoms with Gasteiger partial charge in [-0.1, -0.05) is 29.8 Å². The normalized spacial score (nSPS) is 19.0. The summed E-state index contributed by atoms with van der Waals surface area (Å²) in [5.74, 6) is 0.809. The number of nitrogens with zero attached hydrogens (tertiary/aromatic N) is 1. The van der Waals surface area contributed by atoms with Gasteiger partial charge in [-0.2, -0.15) is 0 Å². The first-order valence-electron chi connectivity index (χ1n) is 9.83. The number of hydrogen-bond acceptors (Lipinski definition) is 4. The predicted molar refractivity (Wildman–Crippen MR) is 113 cm³/mol. The Hall–Kier alpha value is -2.53. The molecule has 1 saturated carbocycles. The van der Waals surface area contributed by atoms with Gasteiger partial charge >= 0.3 is 0 Å². The van der Waals surface area contributed by atoms with E-state index in [1.165, 1.54) is 7.11 Å². The highest BCUT2D eigenvalue weighted by atomic mass is 35.5. The zero-order valence-electron chi connectivity index (χ0n) is 17.0. The molecule has 1 aliphatic carbocycles. The van der Waals surface area contributed by atoms with Crippen molar-refractivity contribution in [1.29, 1.82) is 0 Å². The monoisotopic (exact) mass is 415 g/mol. The van der Waals surface area contributed by atoms with Crippen LogP contribution in [0.15, 0.2) is 42.5 Å². The third kappa shape index (κ3) is 3.84. The predicted octanol–water partition coefficient (Wildman–Crippen LogP) is 4.86. The van der Waals surface area contributed by atoms with Gasteiger partial charge in [0.2, 0.25) is 0 Å². The van der Waals surface area contributed by atoms with Crippen LogP contribution < -0.4 is 9.47 Å². The third-order valence-electron chi connectivity index (χ3n) is 5.56. The van der Waals surface area contributed by atoms with Crippen LogP contribution in [-0.4, -0.2) is 37.4 Å². The number of carbonyl (C=O) groups excluding carboxylic acids is 2. The summed E-state index contributed by atoms with van der Waals surface area (Å²) >= 11 is 6.48. The standard InChI is InChI=1S/C23H26ClNO4/c1-4-29-19-13-12-16(15-20(19)28-3)22(27)25(2)23(14-8-7-11-21(23)26)17-9-5-6-10-18(17)24/h5-6,9-10,12-13,15H,4,7-8,11,14H2,1-3H3. The van der Waals surface area contributed by atoms with Crippen molar-refractivity contribution in [3.63, 3.8) is 0 Å². The Balaban J connectivity index is 2.05. The van der Waals surface area contributed by atoms with E-state index in [1.54, 1.807) is 36.2 Å². The average molecular weight is 416 g/mol. The van der Waals surface area contributed by atoms with Gasteiger partial charge in [-0.15, -0.1) is 0 Å². The van der Waals surface area contributed by atoms with Crippen molar-refractivity contribution in [1.82, 2.24) is 4.90 Å². The summed E-state index contributed by atoms with van der Waals surface area (Å²) in [4.78, 5) is 28.2. The molecule has 0 bridgehead atoms. The molecule has 2 aromatic carbocycles. The largest absolute Gasteiger partial charge is 0.493 e. The van der Waals surface area contributed by atoms with E-state index in [4.69, 9.17) is 21.1 Å². The van der Waals surface area contributed by atoms with E-state index in [2.05, 4.69) is 0 Å². The number of Topliss-reactive ketones (excluding diaryl/α,β-unsaturated/α-hetero) is 1. The van der Waals surface area contributed by atoms with Crippen LogP contribution in [0.2, 0.25) is 5.02 Å². The lowest BCUT2D eigenvalue weighted by Crippen LogP contribution is -2.54. The fraction of sp³-hybridized carbons (Fsp3) is 0.391. The SMILES string of the molecule is CCOc1ccc(C(=O)N(C)C2(c3ccccc3Cl)CCCCC2=O)cc1OC. The molecule has 1 fully saturated rings. The first-order valence-corrected chi connectivity index (χ1v) is 10.2. The van der Waals surface area contributed by atoms with Gasteiger partial charge in [0.1, 0.15) is 5.54 Å². The molecule has 1 unspecified atom stereocenters. The maximum absolute atomic E-state index is 13.5. The van der Waals surface area contributed by atoms with Gasteiger partial charge in [-0.25, -0.2) is 0 Å². The molecule has 0 radical (unpaired) electrons. The minimum Gasteiger partial charge on any atom is -0.493 e. The number of hydrogen-bond donors (Lipinski definition) is 0. The maximum atomic E-state index is 13.5. The van der Waals surface area contributed by atoms with Crippen LogP contribution >= 0.6 is 11.6 Å². The lowest BCUT2D eigenvalue weighted by molar-refractivity contribution is -0.132. The number of likely N-dealkylation sites (N-methyl/N-ethyl adjacent to an activating group) is 1. The maximum Gasteiger partial charge on any atom is 0.254 e. The van der Waals surface area contributed by atoms with Crippen LogP contribution in [0.3, 0.4) is 0 Å². The van der Waals surface area contributed by atoms with Gasteiger partial charge in [0, 0.05) is 29.6 Å². The van der Waals surface area contributed by atoms with Gasteiger partial charge in [0.25, 0.3) is 5.91 Å². The van der Waals surface area contributed by atoms with Crippen molar-refractivity contribution in [2.24, 2.45) is 0 Å². The first kappa shape index (κ1) is 21.2. The molecule has 0 spiro atoms. The van der Waals surface area contributed by atoms with Crippen LogP contribution in [0.25, 0.3) is 0 Å². The van der Waals surface area contributed by atoms with Gasteiger partial charge in [-0.3, -0.25) is 9.59 Å². The van der Waals surface area contributed by atoms with Crippen molar-refractivity contribution in [3.05, 3.63) is 58.6 Å². The Morgan fingerprint density at radius 3 is 2.59 bits per heavy atom. The van der Waals surface area contributed by atoms with Crippen molar-refractivity contribution in [2.75, 3.05) is 20.8 Å². The van der Waals surface area contributed by atoms with Gasteiger partial charge in [-0.05, 0) is 50.5 Å². The number of ketones is 1. The second kappa shape index (κ2) is 8.87. The van der Waals surface area contributed by atoms with E-state index in [-0.39, 0.29) is 11.7 Å². The first-order chi connectivity index (χ1) is 14.0. The molecule has 0 heterocycles. The minimum absolute atomic E-state index is 0.0191. The van der Waals surface area contributed by atoms with Gasteiger partial charge < -0.3 is 14.4 Å². The fourth-order valence-corrected chi connectivity index (χ4v) is 4.36. The number of methoxy groups -OCH3 is 1. The third-order valence-corrected chi connectivity index (χ3v) is 5.89. The summed E-state index contributed by atoms with van der Waals surface area (Å²) in [6.07, 6.45) is 2.65. The molecule has 1 atom stereocenters. The fourth-order valence-electron chi connectivity index (χ4n) is 4.07. The number of rotatable bonds is 6. The van der Waals surface area contributed by atoms with Crippen molar-refractivity contribution < 1.29 is 19.1 Å². The van der Waals surface area contributed by atoms with Gasteiger partial charge in [0.05, 0.1) is 13.7 Å². The van der Waals surface area contributed by atoms with Crippen LogP contribution in [-0.2, 0) is 10.3 Å². The number of amides is 1. The molecule has 6 heteroatoms. The molecule has 154 valence electrons. The van der Waals surface area contributed by atoms with E-state index in [1.807, 2.05) is 25.1 Å². The highest BCUT2D eigenvalue weighted by molar-refractivity contribution is 6.31. The summed E-state index contributed by atoms with van der Waals surface area (Å²) in [5.41, 5.74) is 0.0391. The molecule has 1 aliphatic rings. The van der Waals surface area contributed by atoms with Gasteiger partial charge in [0.15, 0.2) is 17.3 Å². The molecule has 0 aromatic heterocycles. The Labute approximate surface area is 176 Å². The highest BCUT2D eigenvalue weighted by Gasteiger charge is 2.48. The molecule has 29 heavy (non-hydrogen) atoms. The van der Waals surface area contributed by atoms with Crippen molar-refractivity contribution in [3.8, 4) is 11.5 Å². The molecule has 0 N–H and O–H groups in total. The zero-order chi connectivity index (χ0) is 21.0. The van der Waals surface area contributed by atoms with E-state index in [0.29, 0.717) is 47.1 Å². The van der Waals surface area contributed by atoms with E-state index in [0.717, 1.165) is 12.8 Å². The second-order valence-electron chi connectivity index (χ2n) is 7.13. The molecular weight excluding hydrogens is 390 g/mol. The smallest absolute Gasteiger partial charge is 0.254 e. The van der Waals surface area contributed by atoms with E-state index >= 15 is 0 Å². The molecule has 2 aromatic rings. The zero-order valence-corrected chi connectivity index (χ0v) is 17.8. The van der Waals surface area contributed by atoms with Crippen LogP contribution in [0.5, 0.6) is 11.5 Å². The van der Waals surface area contributed by atoms with E-state index < -0.39 is 5.54 Å². The second-order valence-corrected chi connectivity index (χ2v) is 7.54. The summed E-state index contributed by atoms with van der Waals surface area (Å²) in [5, 5.41) is 0.492. The summed E-state index contributed by atoms with van der Waals surface area (Å²) in [6.45, 7) is 2.38. The Morgan fingerprint density at radius 2 is 1.93 bits per heavy atom. The number of carbonyl (C=O) groups is 2. The summed E-state index contributed by atoms with van der Waals surface area (Å²) in [7, 11) is 3.21. The average Bonchev–Trinajstić information content (AvgIpc) is 2.74. The lowest BCUT2D eigenvalue weighted by atomic mass is 9.74. The van der Waals surface area contributed by atoms with Crippen molar-refractivity contribution >= 4 is 23.3 Å². The molecule has 0 saturated heterocycles. The summed E-state index contributed by atoms with van der Waals surface area (Å²) in [6, 6.07) is 12.3. The topological polar surface area (TPSA) is 55.8 Å². The summed E-state index contributed by atoms with van der Waals surface area (Å²) < 4.78 is 10.9. The molecule has 3 rings (SSSR count). The van der Waals surface area contributed by atoms with Crippen LogP contribution in [0.1, 0.15) is 48.5 Å². The molecule has 5 nitrogen and oxygen atoms in total. The number of halogens is 1. The lowest BCUT2D eigenvalue weighted by Gasteiger charge is -2.44. The Kier molecular flexibility index (Phi) is 6.48. The van der Waals surface area contributed by atoms with Crippen LogP contribution in [0.4, 0.5) is 0 Å². The van der Waals surface area contributed by atoms with Crippen LogP contribution in [0, 0.1) is 0 Å². The van der Waals surface area contributed by atoms with E-state index in [9.17, 15) is 9.59 Å². The highest BCUT2D eigenvalue weighted by Crippen LogP contribution is 2.43.